The summed E-state index contributed by atoms with van der Waals surface area (Å²) in [5, 5.41) is 9.23. The lowest BCUT2D eigenvalue weighted by atomic mass is 9.77. The van der Waals surface area contributed by atoms with E-state index in [1.54, 1.807) is 0 Å². The van der Waals surface area contributed by atoms with Gasteiger partial charge in [0.15, 0.2) is 0 Å². The average molecular weight is 227 g/mol. The molecule has 2 nitrogen and oxygen atoms in total. The third-order valence-corrected chi connectivity index (χ3v) is 4.03. The Kier molecular flexibility index (Phi) is 6.37. The number of hydrogen-bond acceptors (Lipinski definition) is 2. The van der Waals surface area contributed by atoms with Crippen LogP contribution in [0.3, 0.4) is 0 Å². The topological polar surface area (TPSA) is 23.5 Å². The molecule has 1 aliphatic carbocycles. The fraction of sp³-hybridized carbons (Fsp3) is 1.00. The molecule has 0 atom stereocenters. The minimum Gasteiger partial charge on any atom is -0.395 e. The molecule has 0 radical (unpaired) electrons. The minimum atomic E-state index is 0.311. The molecule has 0 spiro atoms. The maximum absolute atomic E-state index is 9.23. The number of aliphatic hydroxyl groups excluding tert-OH is 1. The normalized spacial score (nSPS) is 20.2. The van der Waals surface area contributed by atoms with Crippen LogP contribution in [0.4, 0.5) is 0 Å². The van der Waals surface area contributed by atoms with Crippen LogP contribution in [0.2, 0.25) is 0 Å². The minimum absolute atomic E-state index is 0.311. The number of nitrogens with zero attached hydrogens (tertiary/aromatic N) is 1. The maximum Gasteiger partial charge on any atom is 0.0558 e. The highest BCUT2D eigenvalue weighted by atomic mass is 16.3. The van der Waals surface area contributed by atoms with Crippen molar-refractivity contribution >= 4 is 0 Å². The first kappa shape index (κ1) is 14.0. The molecule has 0 heterocycles. The second kappa shape index (κ2) is 7.29. The number of rotatable bonds is 7. The van der Waals surface area contributed by atoms with Crippen molar-refractivity contribution in [2.24, 2.45) is 0 Å². The monoisotopic (exact) mass is 227 g/mol. The molecule has 0 aliphatic heterocycles. The predicted octanol–water partition coefficient (Wildman–Crippen LogP) is 3.19. The van der Waals surface area contributed by atoms with Gasteiger partial charge in [-0.1, -0.05) is 39.5 Å². The van der Waals surface area contributed by atoms with E-state index in [9.17, 15) is 5.11 Å². The maximum atomic E-state index is 9.23. The van der Waals surface area contributed by atoms with Crippen molar-refractivity contribution in [3.05, 3.63) is 0 Å². The Hall–Kier alpha value is -0.0800. The van der Waals surface area contributed by atoms with Crippen LogP contribution in [0.25, 0.3) is 0 Å². The number of hydrogen-bond donors (Lipinski definition) is 1. The molecule has 0 aromatic heterocycles. The molecule has 0 aromatic rings. The van der Waals surface area contributed by atoms with Crippen LogP contribution in [0.5, 0.6) is 0 Å². The molecular weight excluding hydrogens is 198 g/mol. The fourth-order valence-electron chi connectivity index (χ4n) is 3.38. The summed E-state index contributed by atoms with van der Waals surface area (Å²) in [6, 6.07) is 0. The number of aliphatic hydroxyl groups is 1. The van der Waals surface area contributed by atoms with Gasteiger partial charge in [-0.3, -0.25) is 4.90 Å². The SMILES string of the molecule is CCCN(CCO)C1(CCC)CCCCC1. The van der Waals surface area contributed by atoms with Crippen LogP contribution >= 0.6 is 0 Å². The van der Waals surface area contributed by atoms with Crippen LogP contribution in [0.1, 0.15) is 65.2 Å². The van der Waals surface area contributed by atoms with Crippen LogP contribution < -0.4 is 0 Å². The van der Waals surface area contributed by atoms with Gasteiger partial charge in [0.25, 0.3) is 0 Å². The second-order valence-electron chi connectivity index (χ2n) is 5.25. The largest absolute Gasteiger partial charge is 0.395 e. The fourth-order valence-corrected chi connectivity index (χ4v) is 3.38. The van der Waals surface area contributed by atoms with E-state index >= 15 is 0 Å². The summed E-state index contributed by atoms with van der Waals surface area (Å²) in [4.78, 5) is 2.58. The molecule has 1 rings (SSSR count). The smallest absolute Gasteiger partial charge is 0.0558 e. The first-order valence-corrected chi connectivity index (χ1v) is 7.15. The number of β-amino-alcohol motifs (C(OH)–C–C–N with tert-alkyl or cyclic N) is 1. The highest BCUT2D eigenvalue weighted by Gasteiger charge is 2.36. The zero-order valence-electron chi connectivity index (χ0n) is 11.2. The predicted molar refractivity (Wildman–Crippen MR) is 69.7 cm³/mol. The van der Waals surface area contributed by atoms with Crippen molar-refractivity contribution in [1.82, 2.24) is 4.90 Å². The molecule has 0 aromatic carbocycles. The first-order chi connectivity index (χ1) is 7.79. The highest BCUT2D eigenvalue weighted by Crippen LogP contribution is 2.37. The standard InChI is InChI=1S/C14H29NO/c1-3-8-14(9-6-5-7-10-14)15(11-4-2)12-13-16/h16H,3-13H2,1-2H3. The summed E-state index contributed by atoms with van der Waals surface area (Å²) in [6.07, 6.45) is 10.6. The van der Waals surface area contributed by atoms with E-state index in [1.807, 2.05) is 0 Å². The van der Waals surface area contributed by atoms with Gasteiger partial charge in [0.1, 0.15) is 0 Å². The summed E-state index contributed by atoms with van der Waals surface area (Å²) in [5.74, 6) is 0. The third kappa shape index (κ3) is 3.46. The van der Waals surface area contributed by atoms with Gasteiger partial charge in [-0.15, -0.1) is 0 Å². The lowest BCUT2D eigenvalue weighted by molar-refractivity contribution is 0.0276. The molecule has 0 saturated heterocycles. The molecule has 0 bridgehead atoms. The first-order valence-electron chi connectivity index (χ1n) is 7.15. The van der Waals surface area contributed by atoms with E-state index in [-0.39, 0.29) is 0 Å². The molecule has 96 valence electrons. The van der Waals surface area contributed by atoms with Crippen molar-refractivity contribution in [2.45, 2.75) is 70.8 Å². The quantitative estimate of drug-likeness (QED) is 0.722. The summed E-state index contributed by atoms with van der Waals surface area (Å²) in [7, 11) is 0. The highest BCUT2D eigenvalue weighted by molar-refractivity contribution is 4.92. The Bertz CT molecular complexity index is 164. The Morgan fingerprint density at radius 2 is 1.69 bits per heavy atom. The van der Waals surface area contributed by atoms with Crippen LogP contribution in [-0.4, -0.2) is 35.2 Å². The molecular formula is C14H29NO. The van der Waals surface area contributed by atoms with Crippen molar-refractivity contribution in [3.8, 4) is 0 Å². The zero-order chi connectivity index (χ0) is 11.9. The van der Waals surface area contributed by atoms with Gasteiger partial charge in [-0.05, 0) is 32.2 Å². The van der Waals surface area contributed by atoms with Gasteiger partial charge in [0.05, 0.1) is 6.61 Å². The van der Waals surface area contributed by atoms with Crippen molar-refractivity contribution < 1.29 is 5.11 Å². The van der Waals surface area contributed by atoms with E-state index < -0.39 is 0 Å². The summed E-state index contributed by atoms with van der Waals surface area (Å²) >= 11 is 0. The third-order valence-electron chi connectivity index (χ3n) is 4.03. The van der Waals surface area contributed by atoms with Gasteiger partial charge < -0.3 is 5.11 Å². The molecule has 16 heavy (non-hydrogen) atoms. The van der Waals surface area contributed by atoms with Crippen LogP contribution in [0.15, 0.2) is 0 Å². The summed E-state index contributed by atoms with van der Waals surface area (Å²) in [6.45, 7) is 6.87. The Balaban J connectivity index is 2.69. The van der Waals surface area contributed by atoms with Crippen molar-refractivity contribution in [3.63, 3.8) is 0 Å². The molecule has 1 saturated carbocycles. The van der Waals surface area contributed by atoms with Crippen molar-refractivity contribution in [2.75, 3.05) is 19.7 Å². The van der Waals surface area contributed by atoms with Gasteiger partial charge in [0.2, 0.25) is 0 Å². The average Bonchev–Trinajstić information content (AvgIpc) is 2.30. The van der Waals surface area contributed by atoms with Crippen LogP contribution in [-0.2, 0) is 0 Å². The van der Waals surface area contributed by atoms with Crippen LogP contribution in [0, 0.1) is 0 Å². The zero-order valence-corrected chi connectivity index (χ0v) is 11.2. The van der Waals surface area contributed by atoms with E-state index in [0.29, 0.717) is 12.1 Å². The van der Waals surface area contributed by atoms with Gasteiger partial charge in [-0.25, -0.2) is 0 Å². The molecule has 0 amide bonds. The van der Waals surface area contributed by atoms with Crippen molar-refractivity contribution in [1.29, 1.82) is 0 Å². The Morgan fingerprint density at radius 3 is 2.19 bits per heavy atom. The van der Waals surface area contributed by atoms with E-state index in [0.717, 1.165) is 13.1 Å². The molecule has 2 heteroatoms. The van der Waals surface area contributed by atoms with Gasteiger partial charge in [-0.2, -0.15) is 0 Å². The molecule has 1 N–H and O–H groups in total. The lowest BCUT2D eigenvalue weighted by Gasteiger charge is -2.47. The molecule has 0 unspecified atom stereocenters. The summed E-state index contributed by atoms with van der Waals surface area (Å²) in [5.41, 5.74) is 0.422. The van der Waals surface area contributed by atoms with E-state index in [2.05, 4.69) is 18.7 Å². The summed E-state index contributed by atoms with van der Waals surface area (Å²) < 4.78 is 0. The Labute approximate surface area is 101 Å². The van der Waals surface area contributed by atoms with E-state index in [4.69, 9.17) is 0 Å². The second-order valence-corrected chi connectivity index (χ2v) is 5.25. The van der Waals surface area contributed by atoms with E-state index in [1.165, 1.54) is 51.4 Å². The van der Waals surface area contributed by atoms with Gasteiger partial charge in [0, 0.05) is 12.1 Å². The lowest BCUT2D eigenvalue weighted by Crippen LogP contribution is -2.51. The van der Waals surface area contributed by atoms with Gasteiger partial charge >= 0.3 is 0 Å². The molecule has 1 aliphatic rings. The Morgan fingerprint density at radius 1 is 1.00 bits per heavy atom. The molecule has 1 fully saturated rings.